The smallest absolute Gasteiger partial charge is 0.344 e. The Hall–Kier alpha value is -2.64. The first-order valence-electron chi connectivity index (χ1n) is 8.71. The lowest BCUT2D eigenvalue weighted by atomic mass is 10.2. The van der Waals surface area contributed by atoms with E-state index >= 15 is 0 Å². The van der Waals surface area contributed by atoms with Crippen molar-refractivity contribution in [3.05, 3.63) is 64.6 Å². The predicted octanol–water partition coefficient (Wildman–Crippen LogP) is 4.34. The van der Waals surface area contributed by atoms with Crippen LogP contribution in [-0.4, -0.2) is 29.4 Å². The first-order valence-corrected chi connectivity index (χ1v) is 9.93. The number of thioether (sulfide) groups is 1. The number of carbonyl (C=O) groups excluding carboxylic acids is 2. The van der Waals surface area contributed by atoms with Gasteiger partial charge in [0.25, 0.3) is 5.91 Å². The normalized spacial score (nSPS) is 15.2. The van der Waals surface area contributed by atoms with Crippen molar-refractivity contribution in [1.29, 1.82) is 0 Å². The number of thiocarbonyl (C=S) groups is 1. The van der Waals surface area contributed by atoms with Gasteiger partial charge in [0.2, 0.25) is 0 Å². The molecule has 7 heteroatoms. The number of hydrogen-bond donors (Lipinski definition) is 0. The molecule has 0 N–H and O–H groups in total. The minimum atomic E-state index is -0.411. The SMILES string of the molecule is CCOC(=O)COc1ccc(/C=C2/SC(=S)N(c3ccc(C)cc3)C2=O)cc1. The van der Waals surface area contributed by atoms with E-state index in [1.165, 1.54) is 11.8 Å². The van der Waals surface area contributed by atoms with Gasteiger partial charge < -0.3 is 9.47 Å². The Balaban J connectivity index is 1.69. The highest BCUT2D eigenvalue weighted by atomic mass is 32.2. The lowest BCUT2D eigenvalue weighted by Crippen LogP contribution is -2.27. The number of anilines is 1. The third-order valence-electron chi connectivity index (χ3n) is 3.93. The van der Waals surface area contributed by atoms with E-state index in [0.717, 1.165) is 16.8 Å². The number of esters is 1. The molecule has 0 saturated carbocycles. The Kier molecular flexibility index (Phi) is 6.49. The van der Waals surface area contributed by atoms with Crippen molar-refractivity contribution in [3.63, 3.8) is 0 Å². The molecule has 5 nitrogen and oxygen atoms in total. The van der Waals surface area contributed by atoms with E-state index in [9.17, 15) is 9.59 Å². The van der Waals surface area contributed by atoms with Gasteiger partial charge in [0.1, 0.15) is 5.75 Å². The topological polar surface area (TPSA) is 55.8 Å². The fourth-order valence-corrected chi connectivity index (χ4v) is 3.84. The van der Waals surface area contributed by atoms with Crippen molar-refractivity contribution in [3.8, 4) is 5.75 Å². The third-order valence-corrected chi connectivity index (χ3v) is 5.23. The van der Waals surface area contributed by atoms with Crippen LogP contribution in [0.25, 0.3) is 6.08 Å². The molecule has 1 amide bonds. The van der Waals surface area contributed by atoms with Gasteiger partial charge in [-0.1, -0.05) is 53.8 Å². The number of hydrogen-bond acceptors (Lipinski definition) is 6. The van der Waals surface area contributed by atoms with Crippen molar-refractivity contribution in [2.75, 3.05) is 18.1 Å². The second-order valence-corrected chi connectivity index (χ2v) is 7.69. The highest BCUT2D eigenvalue weighted by Gasteiger charge is 2.33. The maximum Gasteiger partial charge on any atom is 0.344 e. The van der Waals surface area contributed by atoms with E-state index < -0.39 is 5.97 Å². The van der Waals surface area contributed by atoms with Crippen LogP contribution >= 0.6 is 24.0 Å². The van der Waals surface area contributed by atoms with E-state index in [-0.39, 0.29) is 12.5 Å². The van der Waals surface area contributed by atoms with Crippen LogP contribution in [-0.2, 0) is 14.3 Å². The molecule has 0 atom stereocenters. The van der Waals surface area contributed by atoms with E-state index in [2.05, 4.69) is 0 Å². The van der Waals surface area contributed by atoms with Gasteiger partial charge in [-0.25, -0.2) is 4.79 Å². The van der Waals surface area contributed by atoms with Crippen molar-refractivity contribution in [2.45, 2.75) is 13.8 Å². The van der Waals surface area contributed by atoms with Crippen molar-refractivity contribution in [2.24, 2.45) is 0 Å². The van der Waals surface area contributed by atoms with E-state index in [4.69, 9.17) is 21.7 Å². The quantitative estimate of drug-likeness (QED) is 0.399. The number of nitrogens with zero attached hydrogens (tertiary/aromatic N) is 1. The summed E-state index contributed by atoms with van der Waals surface area (Å²) in [7, 11) is 0. The highest BCUT2D eigenvalue weighted by molar-refractivity contribution is 8.27. The van der Waals surface area contributed by atoms with Crippen LogP contribution < -0.4 is 9.64 Å². The number of ether oxygens (including phenoxy) is 2. The summed E-state index contributed by atoms with van der Waals surface area (Å²) in [4.78, 5) is 26.2. The van der Waals surface area contributed by atoms with Crippen molar-refractivity contribution < 1.29 is 19.1 Å². The van der Waals surface area contributed by atoms with Crippen molar-refractivity contribution in [1.82, 2.24) is 0 Å². The number of benzene rings is 2. The first-order chi connectivity index (χ1) is 13.5. The Bertz CT molecular complexity index is 920. The molecule has 2 aromatic carbocycles. The van der Waals surface area contributed by atoms with Crippen LogP contribution in [0.3, 0.4) is 0 Å². The number of amides is 1. The maximum absolute atomic E-state index is 12.8. The molecule has 1 saturated heterocycles. The molecule has 0 unspecified atom stereocenters. The summed E-state index contributed by atoms with van der Waals surface area (Å²) in [6.07, 6.45) is 1.79. The minimum Gasteiger partial charge on any atom is -0.482 e. The lowest BCUT2D eigenvalue weighted by molar-refractivity contribution is -0.145. The average molecular weight is 414 g/mol. The summed E-state index contributed by atoms with van der Waals surface area (Å²) in [6.45, 7) is 3.92. The zero-order chi connectivity index (χ0) is 20.1. The standard InChI is InChI=1S/C21H19NO4S2/c1-3-25-19(23)13-26-17-10-6-15(7-11-17)12-18-20(24)22(21(27)28-18)16-8-4-14(2)5-9-16/h4-12H,3,13H2,1-2H3/b18-12+. The van der Waals surface area contributed by atoms with Crippen molar-refractivity contribution >= 4 is 51.9 Å². The Morgan fingerprint density at radius 2 is 1.82 bits per heavy atom. The fourth-order valence-electron chi connectivity index (χ4n) is 2.54. The summed E-state index contributed by atoms with van der Waals surface area (Å²) in [5.74, 6) is 0.00487. The molecular formula is C21H19NO4S2. The van der Waals surface area contributed by atoms with Crippen LogP contribution in [0.2, 0.25) is 0 Å². The molecule has 0 spiro atoms. The monoisotopic (exact) mass is 413 g/mol. The second kappa shape index (κ2) is 9.03. The second-order valence-electron chi connectivity index (χ2n) is 6.02. The molecule has 1 aliphatic rings. The molecule has 1 heterocycles. The zero-order valence-electron chi connectivity index (χ0n) is 15.5. The predicted molar refractivity (Wildman–Crippen MR) is 115 cm³/mol. The molecule has 144 valence electrons. The van der Waals surface area contributed by atoms with Gasteiger partial charge in [0.15, 0.2) is 10.9 Å². The van der Waals surface area contributed by atoms with Gasteiger partial charge in [0.05, 0.1) is 17.2 Å². The molecule has 2 aromatic rings. The van der Waals surface area contributed by atoms with Crippen LogP contribution in [0.1, 0.15) is 18.1 Å². The molecule has 3 rings (SSSR count). The van der Waals surface area contributed by atoms with Gasteiger partial charge >= 0.3 is 5.97 Å². The number of aryl methyl sites for hydroxylation is 1. The summed E-state index contributed by atoms with van der Waals surface area (Å²) < 4.78 is 10.7. The average Bonchev–Trinajstić information content (AvgIpc) is 2.95. The molecule has 1 aliphatic heterocycles. The van der Waals surface area contributed by atoms with Gasteiger partial charge in [-0.05, 0) is 49.8 Å². The third kappa shape index (κ3) is 4.79. The summed E-state index contributed by atoms with van der Waals surface area (Å²) >= 11 is 6.67. The maximum atomic E-state index is 12.8. The fraction of sp³-hybridized carbons (Fsp3) is 0.190. The molecule has 1 fully saturated rings. The summed E-state index contributed by atoms with van der Waals surface area (Å²) in [5.41, 5.74) is 2.72. The Morgan fingerprint density at radius 3 is 2.46 bits per heavy atom. The molecule has 28 heavy (non-hydrogen) atoms. The largest absolute Gasteiger partial charge is 0.482 e. The van der Waals surface area contributed by atoms with Gasteiger partial charge in [0, 0.05) is 0 Å². The highest BCUT2D eigenvalue weighted by Crippen LogP contribution is 2.36. The lowest BCUT2D eigenvalue weighted by Gasteiger charge is -2.14. The van der Waals surface area contributed by atoms with Crippen LogP contribution in [0.5, 0.6) is 5.75 Å². The van der Waals surface area contributed by atoms with Gasteiger partial charge in [-0.2, -0.15) is 0 Å². The van der Waals surface area contributed by atoms with E-state index in [1.807, 2.05) is 43.3 Å². The van der Waals surface area contributed by atoms with E-state index in [1.54, 1.807) is 30.0 Å². The molecule has 0 radical (unpaired) electrons. The van der Waals surface area contributed by atoms with Crippen LogP contribution in [0.15, 0.2) is 53.4 Å². The Morgan fingerprint density at radius 1 is 1.14 bits per heavy atom. The molecule has 0 bridgehead atoms. The molecular weight excluding hydrogens is 394 g/mol. The summed E-state index contributed by atoms with van der Waals surface area (Å²) in [6, 6.07) is 14.8. The zero-order valence-corrected chi connectivity index (χ0v) is 17.1. The van der Waals surface area contributed by atoms with Gasteiger partial charge in [-0.3, -0.25) is 9.69 Å². The Labute approximate surface area is 173 Å². The number of carbonyl (C=O) groups is 2. The summed E-state index contributed by atoms with van der Waals surface area (Å²) in [5, 5.41) is 0. The van der Waals surface area contributed by atoms with Gasteiger partial charge in [-0.15, -0.1) is 0 Å². The molecule has 0 aromatic heterocycles. The minimum absolute atomic E-state index is 0.137. The van der Waals surface area contributed by atoms with E-state index in [0.29, 0.717) is 21.6 Å². The van der Waals surface area contributed by atoms with Crippen LogP contribution in [0, 0.1) is 6.92 Å². The number of rotatable bonds is 6. The molecule has 0 aliphatic carbocycles. The van der Waals surface area contributed by atoms with Crippen LogP contribution in [0.4, 0.5) is 5.69 Å². The first kappa shape index (κ1) is 20.1.